The van der Waals surface area contributed by atoms with Gasteiger partial charge in [0.1, 0.15) is 0 Å². The average Bonchev–Trinajstić information content (AvgIpc) is 2.91. The first-order valence-electron chi connectivity index (χ1n) is 10.5. The van der Waals surface area contributed by atoms with Crippen molar-refractivity contribution in [1.82, 2.24) is 0 Å². The fraction of sp³-hybridized carbons (Fsp3) is 0.769. The van der Waals surface area contributed by atoms with Crippen LogP contribution in [0.1, 0.15) is 100 Å². The molecule has 4 aliphatic carbocycles. The summed E-state index contributed by atoms with van der Waals surface area (Å²) in [7, 11) is 0. The lowest BCUT2D eigenvalue weighted by Gasteiger charge is -2.51. The Morgan fingerprint density at radius 1 is 1.15 bits per heavy atom. The van der Waals surface area contributed by atoms with E-state index < -0.39 is 0 Å². The largest absolute Gasteiger partial charge is 0.103 e. The number of fused-ring (bicyclic) bond motifs is 4. The Balaban J connectivity index is 0.000000635. The molecule has 5 atom stereocenters. The van der Waals surface area contributed by atoms with Crippen LogP contribution in [0.2, 0.25) is 0 Å². The van der Waals surface area contributed by atoms with E-state index in [0.29, 0.717) is 5.41 Å². The van der Waals surface area contributed by atoms with Gasteiger partial charge in [-0.05, 0) is 87.4 Å². The summed E-state index contributed by atoms with van der Waals surface area (Å²) in [5.41, 5.74) is 5.89. The third-order valence-electron chi connectivity index (χ3n) is 7.64. The highest BCUT2D eigenvalue weighted by Crippen LogP contribution is 2.63. The molecule has 0 N–H and O–H groups in total. The molecule has 2 saturated carbocycles. The van der Waals surface area contributed by atoms with Gasteiger partial charge in [0.05, 0.1) is 0 Å². The van der Waals surface area contributed by atoms with Gasteiger partial charge in [-0.15, -0.1) is 6.58 Å². The van der Waals surface area contributed by atoms with Gasteiger partial charge >= 0.3 is 0 Å². The number of hydrogen-bond donors (Lipinski definition) is 0. The molecule has 4 rings (SSSR count). The zero-order valence-corrected chi connectivity index (χ0v) is 16.5. The van der Waals surface area contributed by atoms with Crippen molar-refractivity contribution < 1.29 is 0 Å². The molecule has 0 aromatic carbocycles. The first kappa shape index (κ1) is 23.3. The van der Waals surface area contributed by atoms with E-state index in [1.54, 1.807) is 5.57 Å². The summed E-state index contributed by atoms with van der Waals surface area (Å²) in [6.45, 7) is 13.3. The molecule has 0 heteroatoms. The Labute approximate surface area is 165 Å². The van der Waals surface area contributed by atoms with Gasteiger partial charge in [-0.1, -0.05) is 70.9 Å². The molecule has 0 heterocycles. The average molecular weight is 359 g/mol. The quantitative estimate of drug-likeness (QED) is 0.411. The fourth-order valence-corrected chi connectivity index (χ4v) is 6.50. The molecule has 0 aliphatic heterocycles. The van der Waals surface area contributed by atoms with Crippen molar-refractivity contribution in [2.24, 2.45) is 29.1 Å². The van der Waals surface area contributed by atoms with Crippen LogP contribution in [0, 0.1) is 29.1 Å². The lowest BCUT2D eigenvalue weighted by molar-refractivity contribution is 0.0257. The lowest BCUT2D eigenvalue weighted by atomic mass is 9.53. The molecule has 0 spiro atoms. The zero-order valence-electron chi connectivity index (χ0n) is 16.5. The lowest BCUT2D eigenvalue weighted by Crippen LogP contribution is -2.43. The van der Waals surface area contributed by atoms with Gasteiger partial charge in [0.15, 0.2) is 0 Å². The molecule has 150 valence electrons. The minimum absolute atomic E-state index is 0. The van der Waals surface area contributed by atoms with E-state index in [1.807, 2.05) is 11.1 Å². The number of allylic oxidation sites excluding steroid dienone is 5. The Bertz CT molecular complexity index is 534. The Morgan fingerprint density at radius 2 is 1.85 bits per heavy atom. The van der Waals surface area contributed by atoms with Crippen molar-refractivity contribution in [3.8, 4) is 0 Å². The molecule has 2 fully saturated rings. The van der Waals surface area contributed by atoms with Crippen molar-refractivity contribution >= 4 is 0 Å². The van der Waals surface area contributed by atoms with E-state index in [1.165, 1.54) is 57.8 Å². The first-order chi connectivity index (χ1) is 11.5. The highest BCUT2D eigenvalue weighted by molar-refractivity contribution is 5.33. The Morgan fingerprint density at radius 3 is 2.50 bits per heavy atom. The van der Waals surface area contributed by atoms with Crippen LogP contribution in [0.15, 0.2) is 35.5 Å². The number of rotatable bonds is 1. The monoisotopic (exact) mass is 358 g/mol. The highest BCUT2D eigenvalue weighted by Gasteiger charge is 2.54. The van der Waals surface area contributed by atoms with Crippen LogP contribution in [0.5, 0.6) is 0 Å². The molecule has 0 amide bonds. The van der Waals surface area contributed by atoms with Crippen molar-refractivity contribution in [1.29, 1.82) is 0 Å². The molecule has 0 aromatic heterocycles. The molecule has 0 radical (unpaired) electrons. The van der Waals surface area contributed by atoms with Gasteiger partial charge < -0.3 is 0 Å². The van der Waals surface area contributed by atoms with Crippen molar-refractivity contribution in [2.45, 2.75) is 100 Å². The minimum atomic E-state index is 0. The smallest absolute Gasteiger partial charge is 0.0108 e. The third-order valence-corrected chi connectivity index (χ3v) is 7.64. The molecule has 0 saturated heterocycles. The van der Waals surface area contributed by atoms with Gasteiger partial charge in [0, 0.05) is 0 Å². The van der Waals surface area contributed by atoms with E-state index >= 15 is 0 Å². The van der Waals surface area contributed by atoms with E-state index in [9.17, 15) is 0 Å². The van der Waals surface area contributed by atoms with Crippen molar-refractivity contribution in [3.05, 3.63) is 35.5 Å². The molecule has 5 unspecified atom stereocenters. The third kappa shape index (κ3) is 3.90. The first-order valence-corrected chi connectivity index (χ1v) is 10.5. The van der Waals surface area contributed by atoms with Crippen LogP contribution in [0.25, 0.3) is 0 Å². The molecule has 0 nitrogen and oxygen atoms in total. The van der Waals surface area contributed by atoms with E-state index in [-0.39, 0.29) is 14.9 Å². The van der Waals surface area contributed by atoms with Crippen LogP contribution < -0.4 is 0 Å². The normalized spacial score (nSPS) is 37.5. The summed E-state index contributed by atoms with van der Waals surface area (Å²) >= 11 is 0. The van der Waals surface area contributed by atoms with Crippen LogP contribution in [-0.4, -0.2) is 0 Å². The molecule has 0 bridgehead atoms. The maximum atomic E-state index is 4.14. The van der Waals surface area contributed by atoms with Crippen LogP contribution in [-0.2, 0) is 0 Å². The molecule has 4 aliphatic rings. The zero-order chi connectivity index (χ0) is 17.3. The summed E-state index contributed by atoms with van der Waals surface area (Å²) in [6, 6.07) is 0. The van der Waals surface area contributed by atoms with Gasteiger partial charge in [0.2, 0.25) is 0 Å². The van der Waals surface area contributed by atoms with Gasteiger partial charge in [0.25, 0.3) is 0 Å². The van der Waals surface area contributed by atoms with E-state index in [0.717, 1.165) is 23.7 Å². The predicted octanol–water partition coefficient (Wildman–Crippen LogP) is 8.75. The van der Waals surface area contributed by atoms with Gasteiger partial charge in [-0.2, -0.15) is 0 Å². The minimum Gasteiger partial charge on any atom is -0.103 e. The summed E-state index contributed by atoms with van der Waals surface area (Å²) < 4.78 is 0. The second kappa shape index (κ2) is 9.43. The summed E-state index contributed by atoms with van der Waals surface area (Å²) in [5, 5.41) is 0. The molecule has 26 heavy (non-hydrogen) atoms. The van der Waals surface area contributed by atoms with Crippen LogP contribution >= 0.6 is 0 Å². The van der Waals surface area contributed by atoms with Crippen molar-refractivity contribution in [3.63, 3.8) is 0 Å². The maximum absolute atomic E-state index is 4.14. The van der Waals surface area contributed by atoms with Gasteiger partial charge in [-0.3, -0.25) is 0 Å². The Hall–Kier alpha value is -0.780. The topological polar surface area (TPSA) is 0 Å². The summed E-state index contributed by atoms with van der Waals surface area (Å²) in [4.78, 5) is 0. The molecular weight excluding hydrogens is 312 g/mol. The second-order valence-corrected chi connectivity index (χ2v) is 9.15. The molecular formula is C26H46. The van der Waals surface area contributed by atoms with Crippen LogP contribution in [0.4, 0.5) is 0 Å². The fourth-order valence-electron chi connectivity index (χ4n) is 6.50. The predicted molar refractivity (Wildman–Crippen MR) is 119 cm³/mol. The van der Waals surface area contributed by atoms with E-state index in [4.69, 9.17) is 0 Å². The second-order valence-electron chi connectivity index (χ2n) is 9.15. The van der Waals surface area contributed by atoms with Gasteiger partial charge in [-0.25, -0.2) is 0 Å². The number of hydrogen-bond acceptors (Lipinski definition) is 0. The molecule has 0 aromatic rings. The SMILES string of the molecule is C.C.C=CC1CCC2C3CCC4=C(CC=C(C)C4)C3CCC12C.CCC. The van der Waals surface area contributed by atoms with Crippen molar-refractivity contribution in [2.75, 3.05) is 0 Å². The summed E-state index contributed by atoms with van der Waals surface area (Å²) in [6.07, 6.45) is 17.2. The Kier molecular flexibility index (Phi) is 8.43. The standard InChI is InChI=1S/C21H30.C3H8.2CH4/c1-4-16-7-10-20-19-9-6-15-13-14(2)5-8-17(15)18(19)11-12-21(16,20)3;1-3-2;;/h4-5,16,18-20H,1,6-13H2,2-3H3;3H2,1-2H3;2*1H4. The maximum Gasteiger partial charge on any atom is -0.0108 e. The highest BCUT2D eigenvalue weighted by atomic mass is 14.6. The van der Waals surface area contributed by atoms with E-state index in [2.05, 4.69) is 46.4 Å². The summed E-state index contributed by atoms with van der Waals surface area (Å²) in [5.74, 6) is 3.67. The van der Waals surface area contributed by atoms with Crippen LogP contribution in [0.3, 0.4) is 0 Å².